The summed E-state index contributed by atoms with van der Waals surface area (Å²) >= 11 is 3.30. The van der Waals surface area contributed by atoms with Crippen molar-refractivity contribution in [1.29, 1.82) is 0 Å². The summed E-state index contributed by atoms with van der Waals surface area (Å²) in [6.45, 7) is 3.45. The molecule has 0 aliphatic heterocycles. The number of esters is 1. The molecule has 3 aromatic rings. The maximum atomic E-state index is 12.9. The summed E-state index contributed by atoms with van der Waals surface area (Å²) in [5.74, 6) is -0.362. The number of carbonyl (C=O) groups excluding carboxylic acids is 1. The number of hydrogen-bond acceptors (Lipinski definition) is 6. The Morgan fingerprint density at radius 1 is 1.24 bits per heavy atom. The van der Waals surface area contributed by atoms with Gasteiger partial charge in [-0.15, -0.1) is 0 Å². The van der Waals surface area contributed by atoms with Crippen molar-refractivity contribution in [2.24, 2.45) is 0 Å². The number of fused-ring (bicyclic) bond motifs is 1. The van der Waals surface area contributed by atoms with E-state index in [0.717, 1.165) is 3.97 Å². The van der Waals surface area contributed by atoms with E-state index in [1.807, 2.05) is 0 Å². The van der Waals surface area contributed by atoms with E-state index in [9.17, 15) is 13.2 Å². The first-order valence-corrected chi connectivity index (χ1v) is 9.62. The van der Waals surface area contributed by atoms with Crippen LogP contribution in [0.25, 0.3) is 11.0 Å². The zero-order chi connectivity index (χ0) is 18.2. The monoisotopic (exact) mass is 423 g/mol. The quantitative estimate of drug-likeness (QED) is 0.599. The molecule has 0 unspecified atom stereocenters. The van der Waals surface area contributed by atoms with E-state index in [-0.39, 0.29) is 28.7 Å². The summed E-state index contributed by atoms with van der Waals surface area (Å²) in [6, 6.07) is 7.99. The lowest BCUT2D eigenvalue weighted by Gasteiger charge is -2.08. The standard InChI is InChI=1S/C16H14BrN3O4S/c1-3-24-16(21)14-13-12(17)9-20(15(13)19-10(2)18-14)25(22,23)11-7-5-4-6-8-11/h4-9H,3H2,1-2H3. The molecule has 130 valence electrons. The Labute approximate surface area is 152 Å². The number of rotatable bonds is 4. The van der Waals surface area contributed by atoms with Crippen molar-refractivity contribution in [1.82, 2.24) is 13.9 Å². The molecule has 0 saturated heterocycles. The molecule has 0 saturated carbocycles. The number of ether oxygens (including phenoxy) is 1. The minimum Gasteiger partial charge on any atom is -0.461 e. The molecule has 2 heterocycles. The van der Waals surface area contributed by atoms with Crippen LogP contribution in [0.4, 0.5) is 0 Å². The molecule has 3 rings (SSSR count). The number of aromatic nitrogens is 3. The third kappa shape index (κ3) is 3.05. The highest BCUT2D eigenvalue weighted by atomic mass is 79.9. The summed E-state index contributed by atoms with van der Waals surface area (Å²) < 4.78 is 32.3. The van der Waals surface area contributed by atoms with Crippen molar-refractivity contribution in [3.63, 3.8) is 0 Å². The maximum Gasteiger partial charge on any atom is 0.357 e. The fourth-order valence-corrected chi connectivity index (χ4v) is 4.44. The average Bonchev–Trinajstić information content (AvgIpc) is 2.92. The van der Waals surface area contributed by atoms with Gasteiger partial charge in [0.1, 0.15) is 5.82 Å². The van der Waals surface area contributed by atoms with E-state index in [2.05, 4.69) is 25.9 Å². The van der Waals surface area contributed by atoms with E-state index in [1.165, 1.54) is 18.3 Å². The van der Waals surface area contributed by atoms with Gasteiger partial charge in [-0.2, -0.15) is 0 Å². The molecule has 0 radical (unpaired) electrons. The van der Waals surface area contributed by atoms with E-state index >= 15 is 0 Å². The van der Waals surface area contributed by atoms with Crippen LogP contribution < -0.4 is 0 Å². The fourth-order valence-electron chi connectivity index (χ4n) is 2.40. The van der Waals surface area contributed by atoms with Crippen LogP contribution in [0.15, 0.2) is 45.9 Å². The Bertz CT molecular complexity index is 1060. The van der Waals surface area contributed by atoms with Crippen LogP contribution in [-0.2, 0) is 14.8 Å². The molecule has 25 heavy (non-hydrogen) atoms. The smallest absolute Gasteiger partial charge is 0.357 e. The molecule has 1 aromatic carbocycles. The van der Waals surface area contributed by atoms with Crippen LogP contribution in [0.3, 0.4) is 0 Å². The lowest BCUT2D eigenvalue weighted by molar-refractivity contribution is 0.0521. The molecule has 0 fully saturated rings. The normalized spacial score (nSPS) is 11.6. The molecule has 2 aromatic heterocycles. The van der Waals surface area contributed by atoms with E-state index < -0.39 is 16.0 Å². The lowest BCUT2D eigenvalue weighted by Crippen LogP contribution is -2.14. The molecule has 0 atom stereocenters. The Balaban J connectivity index is 2.31. The van der Waals surface area contributed by atoms with E-state index in [0.29, 0.717) is 9.86 Å². The number of halogens is 1. The summed E-state index contributed by atoms with van der Waals surface area (Å²) in [5.41, 5.74) is 0.143. The number of carbonyl (C=O) groups is 1. The fraction of sp³-hybridized carbons (Fsp3) is 0.188. The van der Waals surface area contributed by atoms with Gasteiger partial charge in [0.2, 0.25) is 0 Å². The third-order valence-corrected chi connectivity index (χ3v) is 5.71. The predicted molar refractivity (Wildman–Crippen MR) is 94.9 cm³/mol. The molecular weight excluding hydrogens is 410 g/mol. The van der Waals surface area contributed by atoms with Gasteiger partial charge in [-0.05, 0) is 41.9 Å². The molecule has 0 aliphatic carbocycles. The van der Waals surface area contributed by atoms with Gasteiger partial charge < -0.3 is 4.74 Å². The predicted octanol–water partition coefficient (Wildman–Crippen LogP) is 2.92. The van der Waals surface area contributed by atoms with Crippen LogP contribution in [0, 0.1) is 6.92 Å². The van der Waals surface area contributed by atoms with Gasteiger partial charge in [-0.3, -0.25) is 0 Å². The van der Waals surface area contributed by atoms with E-state index in [4.69, 9.17) is 4.74 Å². The first-order valence-electron chi connectivity index (χ1n) is 7.39. The van der Waals surface area contributed by atoms with Crippen LogP contribution in [-0.4, -0.2) is 34.9 Å². The summed E-state index contributed by atoms with van der Waals surface area (Å²) in [4.78, 5) is 20.7. The van der Waals surface area contributed by atoms with Crippen molar-refractivity contribution in [3.05, 3.63) is 52.5 Å². The Hall–Kier alpha value is -2.26. The molecule has 0 bridgehead atoms. The first kappa shape index (κ1) is 17.6. The minimum atomic E-state index is -3.87. The van der Waals surface area contributed by atoms with Crippen molar-refractivity contribution in [3.8, 4) is 0 Å². The van der Waals surface area contributed by atoms with Gasteiger partial charge in [0.25, 0.3) is 10.0 Å². The highest BCUT2D eigenvalue weighted by Crippen LogP contribution is 2.30. The van der Waals surface area contributed by atoms with Crippen LogP contribution in [0.5, 0.6) is 0 Å². The zero-order valence-electron chi connectivity index (χ0n) is 13.4. The minimum absolute atomic E-state index is 0.0261. The van der Waals surface area contributed by atoms with Crippen molar-refractivity contribution in [2.45, 2.75) is 18.7 Å². The molecule has 0 amide bonds. The van der Waals surface area contributed by atoms with Crippen LogP contribution in [0.2, 0.25) is 0 Å². The van der Waals surface area contributed by atoms with Gasteiger partial charge in [-0.25, -0.2) is 27.2 Å². The molecule has 9 heteroatoms. The second kappa shape index (κ2) is 6.57. The van der Waals surface area contributed by atoms with Gasteiger partial charge in [0, 0.05) is 10.7 Å². The van der Waals surface area contributed by atoms with Gasteiger partial charge in [0.15, 0.2) is 11.3 Å². The zero-order valence-corrected chi connectivity index (χ0v) is 15.8. The van der Waals surface area contributed by atoms with Crippen molar-refractivity contribution >= 4 is 43.0 Å². The lowest BCUT2D eigenvalue weighted by atomic mass is 10.3. The Morgan fingerprint density at radius 2 is 1.92 bits per heavy atom. The summed E-state index contributed by atoms with van der Waals surface area (Å²) in [7, 11) is -3.87. The summed E-state index contributed by atoms with van der Waals surface area (Å²) in [6.07, 6.45) is 1.36. The van der Waals surface area contributed by atoms with Crippen molar-refractivity contribution in [2.75, 3.05) is 6.61 Å². The molecule has 7 nitrogen and oxygen atoms in total. The van der Waals surface area contributed by atoms with Crippen molar-refractivity contribution < 1.29 is 17.9 Å². The molecule has 0 N–H and O–H groups in total. The SMILES string of the molecule is CCOC(=O)c1nc(C)nc2c1c(Br)cn2S(=O)(=O)c1ccccc1. The van der Waals surface area contributed by atoms with Gasteiger partial charge >= 0.3 is 5.97 Å². The third-order valence-electron chi connectivity index (χ3n) is 3.45. The van der Waals surface area contributed by atoms with Gasteiger partial charge in [-0.1, -0.05) is 18.2 Å². The molecular formula is C16H14BrN3O4S. The van der Waals surface area contributed by atoms with Crippen LogP contribution in [0.1, 0.15) is 23.2 Å². The number of hydrogen-bond donors (Lipinski definition) is 0. The molecule has 0 spiro atoms. The summed E-state index contributed by atoms with van der Waals surface area (Å²) in [5, 5.41) is 0.295. The Morgan fingerprint density at radius 3 is 2.56 bits per heavy atom. The second-order valence-electron chi connectivity index (χ2n) is 5.13. The van der Waals surface area contributed by atoms with E-state index in [1.54, 1.807) is 32.0 Å². The number of benzene rings is 1. The first-order chi connectivity index (χ1) is 11.9. The van der Waals surface area contributed by atoms with Gasteiger partial charge in [0.05, 0.1) is 16.9 Å². The maximum absolute atomic E-state index is 12.9. The second-order valence-corrected chi connectivity index (χ2v) is 7.80. The number of nitrogens with zero attached hydrogens (tertiary/aromatic N) is 3. The number of aryl methyl sites for hydroxylation is 1. The van der Waals surface area contributed by atoms with Crippen LogP contribution >= 0.6 is 15.9 Å². The highest BCUT2D eigenvalue weighted by molar-refractivity contribution is 9.10. The Kier molecular flexibility index (Phi) is 4.61. The highest BCUT2D eigenvalue weighted by Gasteiger charge is 2.26. The molecule has 0 aliphatic rings. The average molecular weight is 424 g/mol. The topological polar surface area (TPSA) is 91.2 Å². The largest absolute Gasteiger partial charge is 0.461 e.